The van der Waals surface area contributed by atoms with Gasteiger partial charge < -0.3 is 4.98 Å². The third-order valence-electron chi connectivity index (χ3n) is 2.97. The van der Waals surface area contributed by atoms with Crippen LogP contribution in [0.2, 0.25) is 0 Å². The maximum Gasteiger partial charge on any atom is 0.419 e. The Hall–Kier alpha value is -1.85. The van der Waals surface area contributed by atoms with Crippen LogP contribution in [-0.4, -0.2) is 9.97 Å². The first-order valence-electron chi connectivity index (χ1n) is 5.80. The van der Waals surface area contributed by atoms with Gasteiger partial charge >= 0.3 is 6.18 Å². The third kappa shape index (κ3) is 2.62. The first kappa shape index (κ1) is 13.6. The summed E-state index contributed by atoms with van der Waals surface area (Å²) in [5.41, 5.74) is -1.23. The minimum atomic E-state index is -4.69. The number of hydrogen-bond donors (Lipinski definition) is 1. The summed E-state index contributed by atoms with van der Waals surface area (Å²) in [7, 11) is 0. The van der Waals surface area contributed by atoms with E-state index >= 15 is 0 Å². The summed E-state index contributed by atoms with van der Waals surface area (Å²) >= 11 is 0. The summed E-state index contributed by atoms with van der Waals surface area (Å²) in [5.74, 6) is -1.28. The molecule has 0 saturated carbocycles. The van der Waals surface area contributed by atoms with Gasteiger partial charge in [0.1, 0.15) is 11.6 Å². The molecule has 2 aromatic rings. The normalized spacial score (nSPS) is 13.5. The molecule has 1 unspecified atom stereocenters. The van der Waals surface area contributed by atoms with Crippen LogP contribution < -0.4 is 0 Å². The van der Waals surface area contributed by atoms with Crippen LogP contribution in [0.25, 0.3) is 0 Å². The molecule has 0 bridgehead atoms. The Morgan fingerprint density at radius 3 is 2.58 bits per heavy atom. The predicted molar refractivity (Wildman–Crippen MR) is 62.1 cm³/mol. The molecule has 1 aromatic carbocycles. The molecule has 1 N–H and O–H groups in total. The molecule has 19 heavy (non-hydrogen) atoms. The van der Waals surface area contributed by atoms with E-state index in [2.05, 4.69) is 9.97 Å². The molecule has 0 spiro atoms. The second-order valence-corrected chi connectivity index (χ2v) is 4.14. The van der Waals surface area contributed by atoms with E-state index in [0.717, 1.165) is 6.07 Å². The molecule has 1 heterocycles. The largest absolute Gasteiger partial charge is 0.419 e. The Morgan fingerprint density at radius 1 is 1.32 bits per heavy atom. The number of benzene rings is 1. The van der Waals surface area contributed by atoms with Crippen LogP contribution in [0.15, 0.2) is 30.6 Å². The summed E-state index contributed by atoms with van der Waals surface area (Å²) in [5, 5.41) is 0. The van der Waals surface area contributed by atoms with Gasteiger partial charge in [0.25, 0.3) is 0 Å². The van der Waals surface area contributed by atoms with Crippen molar-refractivity contribution in [3.63, 3.8) is 0 Å². The van der Waals surface area contributed by atoms with Crippen molar-refractivity contribution in [2.45, 2.75) is 25.4 Å². The van der Waals surface area contributed by atoms with Crippen molar-refractivity contribution < 1.29 is 17.6 Å². The molecule has 1 aromatic heterocycles. The summed E-state index contributed by atoms with van der Waals surface area (Å²) in [6.45, 7) is 1.77. The number of H-pyrrole nitrogens is 1. The predicted octanol–water partition coefficient (Wildman–Crippen LogP) is 4.11. The van der Waals surface area contributed by atoms with Gasteiger partial charge in [-0.1, -0.05) is 19.1 Å². The highest BCUT2D eigenvalue weighted by atomic mass is 19.4. The van der Waals surface area contributed by atoms with Crippen LogP contribution >= 0.6 is 0 Å². The standard InChI is InChI=1S/C13H12F4N2/c1-2-8(12-18-6-7-19-12)9-4-3-5-10(11(9)14)13(15,16)17/h3-8H,2H2,1H3,(H,18,19). The number of alkyl halides is 3. The van der Waals surface area contributed by atoms with E-state index in [1.54, 1.807) is 13.1 Å². The number of nitrogens with zero attached hydrogens (tertiary/aromatic N) is 1. The Bertz CT molecular complexity index is 546. The number of aromatic amines is 1. The lowest BCUT2D eigenvalue weighted by molar-refractivity contribution is -0.140. The third-order valence-corrected chi connectivity index (χ3v) is 2.97. The zero-order chi connectivity index (χ0) is 14.0. The van der Waals surface area contributed by atoms with Crippen molar-refractivity contribution in [3.05, 3.63) is 53.4 Å². The summed E-state index contributed by atoms with van der Waals surface area (Å²) in [6.07, 6.45) is -1.19. The smallest absolute Gasteiger partial charge is 0.348 e. The highest BCUT2D eigenvalue weighted by molar-refractivity contribution is 5.33. The molecule has 2 rings (SSSR count). The molecule has 0 aliphatic heterocycles. The van der Waals surface area contributed by atoms with Gasteiger partial charge in [0.15, 0.2) is 0 Å². The van der Waals surface area contributed by atoms with E-state index in [9.17, 15) is 17.6 Å². The van der Waals surface area contributed by atoms with E-state index < -0.39 is 23.5 Å². The molecule has 0 amide bonds. The van der Waals surface area contributed by atoms with Crippen LogP contribution in [0.3, 0.4) is 0 Å². The van der Waals surface area contributed by atoms with Crippen LogP contribution in [0.4, 0.5) is 17.6 Å². The minimum absolute atomic E-state index is 0.00674. The lowest BCUT2D eigenvalue weighted by Gasteiger charge is -2.17. The first-order chi connectivity index (χ1) is 8.95. The molecule has 0 radical (unpaired) electrons. The number of imidazole rings is 1. The maximum absolute atomic E-state index is 14.0. The molecule has 0 saturated heterocycles. The Morgan fingerprint density at radius 2 is 2.05 bits per heavy atom. The van der Waals surface area contributed by atoms with Crippen molar-refractivity contribution in [1.29, 1.82) is 0 Å². The molecule has 0 aliphatic rings. The van der Waals surface area contributed by atoms with Crippen molar-refractivity contribution in [3.8, 4) is 0 Å². The highest BCUT2D eigenvalue weighted by Crippen LogP contribution is 2.36. The van der Waals surface area contributed by atoms with Crippen LogP contribution in [0, 0.1) is 5.82 Å². The number of halogens is 4. The Kier molecular flexibility index (Phi) is 3.59. The monoisotopic (exact) mass is 272 g/mol. The van der Waals surface area contributed by atoms with Crippen molar-refractivity contribution in [1.82, 2.24) is 9.97 Å². The second kappa shape index (κ2) is 5.03. The number of hydrogen-bond acceptors (Lipinski definition) is 1. The summed E-state index contributed by atoms with van der Waals surface area (Å²) < 4.78 is 52.1. The molecule has 2 nitrogen and oxygen atoms in total. The molecule has 102 valence electrons. The van der Waals surface area contributed by atoms with E-state index in [4.69, 9.17) is 0 Å². The second-order valence-electron chi connectivity index (χ2n) is 4.14. The SMILES string of the molecule is CCC(c1ncc[nH]1)c1cccc(C(F)(F)F)c1F. The number of rotatable bonds is 3. The molecule has 6 heteroatoms. The zero-order valence-electron chi connectivity index (χ0n) is 10.1. The van der Waals surface area contributed by atoms with Gasteiger partial charge in [-0.05, 0) is 18.1 Å². The van der Waals surface area contributed by atoms with Crippen molar-refractivity contribution in [2.75, 3.05) is 0 Å². The van der Waals surface area contributed by atoms with Gasteiger partial charge in [-0.25, -0.2) is 9.37 Å². The Labute approximate surface area is 107 Å². The number of aromatic nitrogens is 2. The van der Waals surface area contributed by atoms with Gasteiger partial charge in [0.2, 0.25) is 0 Å². The fourth-order valence-corrected chi connectivity index (χ4v) is 2.07. The van der Waals surface area contributed by atoms with E-state index in [1.165, 1.54) is 18.3 Å². The van der Waals surface area contributed by atoms with E-state index in [0.29, 0.717) is 12.2 Å². The van der Waals surface area contributed by atoms with Gasteiger partial charge in [-0.15, -0.1) is 0 Å². The topological polar surface area (TPSA) is 28.7 Å². The van der Waals surface area contributed by atoms with E-state index in [1.807, 2.05) is 0 Å². The highest BCUT2D eigenvalue weighted by Gasteiger charge is 2.35. The zero-order valence-corrected chi connectivity index (χ0v) is 10.1. The fourth-order valence-electron chi connectivity index (χ4n) is 2.07. The van der Waals surface area contributed by atoms with Crippen LogP contribution in [-0.2, 0) is 6.18 Å². The van der Waals surface area contributed by atoms with Gasteiger partial charge in [0, 0.05) is 18.3 Å². The lowest BCUT2D eigenvalue weighted by Crippen LogP contribution is -2.12. The molecular weight excluding hydrogens is 260 g/mol. The quantitative estimate of drug-likeness (QED) is 0.837. The molecule has 0 aliphatic carbocycles. The van der Waals surface area contributed by atoms with Crippen molar-refractivity contribution >= 4 is 0 Å². The average molecular weight is 272 g/mol. The first-order valence-corrected chi connectivity index (χ1v) is 5.80. The Balaban J connectivity index is 2.51. The van der Waals surface area contributed by atoms with Gasteiger partial charge in [-0.3, -0.25) is 0 Å². The van der Waals surface area contributed by atoms with Gasteiger partial charge in [0.05, 0.1) is 5.56 Å². The van der Waals surface area contributed by atoms with Crippen LogP contribution in [0.5, 0.6) is 0 Å². The summed E-state index contributed by atoms with van der Waals surface area (Å²) in [6, 6.07) is 3.32. The molecule has 1 atom stereocenters. The van der Waals surface area contributed by atoms with E-state index in [-0.39, 0.29) is 5.56 Å². The lowest BCUT2D eigenvalue weighted by atomic mass is 9.93. The number of nitrogens with one attached hydrogen (secondary N) is 1. The fraction of sp³-hybridized carbons (Fsp3) is 0.308. The van der Waals surface area contributed by atoms with Crippen LogP contribution in [0.1, 0.15) is 36.2 Å². The average Bonchev–Trinajstić information content (AvgIpc) is 2.84. The molecule has 0 fully saturated rings. The maximum atomic E-state index is 14.0. The minimum Gasteiger partial charge on any atom is -0.348 e. The summed E-state index contributed by atoms with van der Waals surface area (Å²) in [4.78, 5) is 6.81. The molecular formula is C13H12F4N2. The van der Waals surface area contributed by atoms with Gasteiger partial charge in [-0.2, -0.15) is 13.2 Å². The van der Waals surface area contributed by atoms with Crippen molar-refractivity contribution in [2.24, 2.45) is 0 Å².